The summed E-state index contributed by atoms with van der Waals surface area (Å²) in [5, 5.41) is 24.2. The van der Waals surface area contributed by atoms with E-state index in [1.165, 1.54) is 12.3 Å². The maximum Gasteiger partial charge on any atom is 0.318 e. The number of nitro benzene ring substituents is 1. The Bertz CT molecular complexity index is 548. The molecule has 0 bridgehead atoms. The molecule has 2 aromatic rings. The molecule has 0 aliphatic carbocycles. The Morgan fingerprint density at radius 3 is 2.81 bits per heavy atom. The Kier molecular flexibility index (Phi) is 2.32. The quantitative estimate of drug-likeness (QED) is 0.615. The normalized spacial score (nSPS) is 10.3. The predicted octanol–water partition coefficient (Wildman–Crippen LogP) is 1.70. The van der Waals surface area contributed by atoms with Crippen molar-refractivity contribution in [1.82, 2.24) is 9.78 Å². The number of aromatic hydroxyl groups is 1. The van der Waals surface area contributed by atoms with Crippen molar-refractivity contribution in [3.05, 3.63) is 40.7 Å². The molecule has 0 saturated carbocycles. The summed E-state index contributed by atoms with van der Waals surface area (Å²) in [7, 11) is 1.72. The first kappa shape index (κ1) is 10.2. The number of phenolic OH excluding ortho intramolecular Hbond substituents is 1. The van der Waals surface area contributed by atoms with Crippen LogP contribution in [-0.2, 0) is 7.05 Å². The van der Waals surface area contributed by atoms with E-state index in [0.29, 0.717) is 11.1 Å². The lowest BCUT2D eigenvalue weighted by Crippen LogP contribution is -1.92. The summed E-state index contributed by atoms with van der Waals surface area (Å²) in [6, 6.07) is 4.43. The fraction of sp³-hybridized carbons (Fsp3) is 0.100. The van der Waals surface area contributed by atoms with Crippen LogP contribution in [0.15, 0.2) is 30.6 Å². The molecule has 6 nitrogen and oxygen atoms in total. The summed E-state index contributed by atoms with van der Waals surface area (Å²) >= 11 is 0. The van der Waals surface area contributed by atoms with E-state index in [1.807, 2.05) is 0 Å². The van der Waals surface area contributed by atoms with Gasteiger partial charge in [0.25, 0.3) is 0 Å². The number of hydrogen-bond donors (Lipinski definition) is 1. The van der Waals surface area contributed by atoms with Crippen molar-refractivity contribution >= 4 is 5.69 Å². The van der Waals surface area contributed by atoms with Crippen molar-refractivity contribution in [2.75, 3.05) is 0 Å². The van der Waals surface area contributed by atoms with E-state index < -0.39 is 4.92 Å². The largest absolute Gasteiger partial charge is 0.502 e. The molecule has 16 heavy (non-hydrogen) atoms. The minimum absolute atomic E-state index is 0.296. The SMILES string of the molecule is Cn1cc(-c2cccc(O)c2[N+](=O)[O-])cn1. The van der Waals surface area contributed by atoms with Gasteiger partial charge in [0.05, 0.1) is 16.7 Å². The average Bonchev–Trinajstić information content (AvgIpc) is 2.63. The number of hydrogen-bond acceptors (Lipinski definition) is 4. The van der Waals surface area contributed by atoms with Gasteiger partial charge in [0.15, 0.2) is 5.75 Å². The number of phenols is 1. The van der Waals surface area contributed by atoms with Gasteiger partial charge in [-0.25, -0.2) is 0 Å². The zero-order valence-corrected chi connectivity index (χ0v) is 8.49. The molecule has 82 valence electrons. The lowest BCUT2D eigenvalue weighted by molar-refractivity contribution is -0.385. The number of aryl methyl sites for hydroxylation is 1. The van der Waals surface area contributed by atoms with Crippen LogP contribution in [0, 0.1) is 10.1 Å². The van der Waals surface area contributed by atoms with Gasteiger partial charge in [0.1, 0.15) is 0 Å². The first-order chi connectivity index (χ1) is 7.59. The van der Waals surface area contributed by atoms with Gasteiger partial charge >= 0.3 is 5.69 Å². The van der Waals surface area contributed by atoms with E-state index >= 15 is 0 Å². The molecular weight excluding hydrogens is 210 g/mol. The van der Waals surface area contributed by atoms with Crippen LogP contribution in [0.2, 0.25) is 0 Å². The molecule has 1 aromatic carbocycles. The van der Waals surface area contributed by atoms with Crippen molar-refractivity contribution in [3.63, 3.8) is 0 Å². The first-order valence-corrected chi connectivity index (χ1v) is 4.55. The Labute approximate surface area is 90.9 Å². The highest BCUT2D eigenvalue weighted by molar-refractivity contribution is 5.76. The van der Waals surface area contributed by atoms with Crippen LogP contribution >= 0.6 is 0 Å². The molecule has 1 N–H and O–H groups in total. The summed E-state index contributed by atoms with van der Waals surface area (Å²) in [5.41, 5.74) is 0.665. The molecule has 0 fully saturated rings. The molecular formula is C10H9N3O3. The molecule has 0 aliphatic heterocycles. The average molecular weight is 219 g/mol. The van der Waals surface area contributed by atoms with Gasteiger partial charge < -0.3 is 5.11 Å². The second-order valence-electron chi connectivity index (χ2n) is 3.33. The third-order valence-corrected chi connectivity index (χ3v) is 2.21. The minimum atomic E-state index is -0.600. The fourth-order valence-electron chi connectivity index (χ4n) is 1.52. The van der Waals surface area contributed by atoms with E-state index in [1.54, 1.807) is 30.1 Å². The molecule has 0 radical (unpaired) electrons. The molecule has 0 saturated heterocycles. The van der Waals surface area contributed by atoms with Crippen LogP contribution < -0.4 is 0 Å². The zero-order valence-electron chi connectivity index (χ0n) is 8.49. The van der Waals surface area contributed by atoms with Crippen LogP contribution in [0.3, 0.4) is 0 Å². The summed E-state index contributed by atoms with van der Waals surface area (Å²) in [5.74, 6) is -0.341. The molecule has 2 rings (SSSR count). The monoisotopic (exact) mass is 219 g/mol. The maximum absolute atomic E-state index is 10.8. The lowest BCUT2D eigenvalue weighted by Gasteiger charge is -2.01. The minimum Gasteiger partial charge on any atom is -0.502 e. The molecule has 1 heterocycles. The van der Waals surface area contributed by atoms with Crippen molar-refractivity contribution in [3.8, 4) is 16.9 Å². The van der Waals surface area contributed by atoms with E-state index in [2.05, 4.69) is 5.10 Å². The van der Waals surface area contributed by atoms with E-state index in [0.717, 1.165) is 0 Å². The van der Waals surface area contributed by atoms with Crippen LogP contribution in [0.5, 0.6) is 5.75 Å². The molecule has 0 aliphatic rings. The van der Waals surface area contributed by atoms with Gasteiger partial charge in [-0.2, -0.15) is 5.10 Å². The Morgan fingerprint density at radius 2 is 2.25 bits per heavy atom. The maximum atomic E-state index is 10.8. The molecule has 0 amide bonds. The Hall–Kier alpha value is -2.37. The second-order valence-corrected chi connectivity index (χ2v) is 3.33. The van der Waals surface area contributed by atoms with Crippen molar-refractivity contribution in [1.29, 1.82) is 0 Å². The topological polar surface area (TPSA) is 81.2 Å². The fourth-order valence-corrected chi connectivity index (χ4v) is 1.52. The van der Waals surface area contributed by atoms with E-state index in [4.69, 9.17) is 0 Å². The second kappa shape index (κ2) is 3.65. The number of rotatable bonds is 2. The van der Waals surface area contributed by atoms with E-state index in [-0.39, 0.29) is 11.4 Å². The van der Waals surface area contributed by atoms with Gasteiger partial charge in [-0.3, -0.25) is 14.8 Å². The summed E-state index contributed by atoms with van der Waals surface area (Å²) in [6.45, 7) is 0. The van der Waals surface area contributed by atoms with Gasteiger partial charge in [0.2, 0.25) is 0 Å². The summed E-state index contributed by atoms with van der Waals surface area (Å²) in [4.78, 5) is 10.2. The predicted molar refractivity (Wildman–Crippen MR) is 57.0 cm³/mol. The number of benzene rings is 1. The van der Waals surface area contributed by atoms with Crippen LogP contribution in [0.1, 0.15) is 0 Å². The summed E-state index contributed by atoms with van der Waals surface area (Å²) in [6.07, 6.45) is 3.17. The molecule has 0 spiro atoms. The Balaban J connectivity index is 2.65. The van der Waals surface area contributed by atoms with Gasteiger partial charge in [-0.1, -0.05) is 6.07 Å². The zero-order chi connectivity index (χ0) is 11.7. The van der Waals surface area contributed by atoms with Crippen LogP contribution in [-0.4, -0.2) is 19.8 Å². The van der Waals surface area contributed by atoms with E-state index in [9.17, 15) is 15.2 Å². The Morgan fingerprint density at radius 1 is 1.50 bits per heavy atom. The third-order valence-electron chi connectivity index (χ3n) is 2.21. The number of nitrogens with zero attached hydrogens (tertiary/aromatic N) is 3. The summed E-state index contributed by atoms with van der Waals surface area (Å²) < 4.78 is 1.54. The number of aromatic nitrogens is 2. The van der Waals surface area contributed by atoms with Crippen molar-refractivity contribution < 1.29 is 10.0 Å². The van der Waals surface area contributed by atoms with Gasteiger partial charge in [0, 0.05) is 18.8 Å². The van der Waals surface area contributed by atoms with Crippen LogP contribution in [0.25, 0.3) is 11.1 Å². The van der Waals surface area contributed by atoms with Crippen molar-refractivity contribution in [2.24, 2.45) is 7.05 Å². The van der Waals surface area contributed by atoms with Crippen molar-refractivity contribution in [2.45, 2.75) is 0 Å². The number of para-hydroxylation sites is 1. The lowest BCUT2D eigenvalue weighted by atomic mass is 10.1. The highest BCUT2D eigenvalue weighted by Crippen LogP contribution is 2.36. The smallest absolute Gasteiger partial charge is 0.318 e. The van der Waals surface area contributed by atoms with Gasteiger partial charge in [-0.15, -0.1) is 0 Å². The highest BCUT2D eigenvalue weighted by Gasteiger charge is 2.20. The molecule has 0 atom stereocenters. The standard InChI is InChI=1S/C10H9N3O3/c1-12-6-7(5-11-12)8-3-2-4-9(14)10(8)13(15)16/h2-6,14H,1H3. The molecule has 0 unspecified atom stereocenters. The first-order valence-electron chi connectivity index (χ1n) is 4.55. The molecule has 6 heteroatoms. The molecule has 1 aromatic heterocycles. The third kappa shape index (κ3) is 1.60. The highest BCUT2D eigenvalue weighted by atomic mass is 16.6. The van der Waals surface area contributed by atoms with Gasteiger partial charge in [-0.05, 0) is 12.1 Å². The number of nitro groups is 1. The van der Waals surface area contributed by atoms with Crippen LogP contribution in [0.4, 0.5) is 5.69 Å².